The highest BCUT2D eigenvalue weighted by molar-refractivity contribution is 6.10. The van der Waals surface area contributed by atoms with Crippen LogP contribution in [0.3, 0.4) is 0 Å². The SMILES string of the molecule is COC(=O)C1=C(C)N(C2CCCC2)C(=O)[C@]1(NC(=O)CCc1ccccc1)C(F)(F)F. The fraction of sp³-hybridized carbons (Fsp3) is 0.500. The first-order valence-corrected chi connectivity index (χ1v) is 10.2. The molecule has 0 bridgehead atoms. The largest absolute Gasteiger partial charge is 0.466 e. The first-order valence-electron chi connectivity index (χ1n) is 10.2. The topological polar surface area (TPSA) is 75.7 Å². The fourth-order valence-electron chi connectivity index (χ4n) is 4.46. The van der Waals surface area contributed by atoms with Crippen molar-refractivity contribution in [3.63, 3.8) is 0 Å². The zero-order chi connectivity index (χ0) is 22.8. The van der Waals surface area contributed by atoms with Gasteiger partial charge in [-0.3, -0.25) is 9.59 Å². The molecule has 1 aliphatic heterocycles. The lowest BCUT2D eigenvalue weighted by Crippen LogP contribution is -2.66. The number of ether oxygens (including phenoxy) is 1. The molecule has 1 aliphatic carbocycles. The first-order chi connectivity index (χ1) is 14.6. The summed E-state index contributed by atoms with van der Waals surface area (Å²) in [5, 5.41) is 1.89. The molecule has 2 amide bonds. The Morgan fingerprint density at radius 3 is 2.35 bits per heavy atom. The Bertz CT molecular complexity index is 892. The summed E-state index contributed by atoms with van der Waals surface area (Å²) in [5.74, 6) is -3.61. The second kappa shape index (κ2) is 8.72. The molecule has 0 radical (unpaired) electrons. The summed E-state index contributed by atoms with van der Waals surface area (Å²) in [7, 11) is 0.948. The number of hydrogen-bond acceptors (Lipinski definition) is 4. The van der Waals surface area contributed by atoms with Gasteiger partial charge in [-0.2, -0.15) is 13.2 Å². The van der Waals surface area contributed by atoms with Crippen LogP contribution in [-0.4, -0.2) is 47.6 Å². The van der Waals surface area contributed by atoms with Crippen molar-refractivity contribution in [2.45, 2.75) is 63.2 Å². The number of benzene rings is 1. The Morgan fingerprint density at radius 1 is 1.19 bits per heavy atom. The molecule has 1 N–H and O–H groups in total. The van der Waals surface area contributed by atoms with Crippen LogP contribution in [-0.2, 0) is 25.5 Å². The number of amides is 2. The van der Waals surface area contributed by atoms with Gasteiger partial charge in [0.05, 0.1) is 7.11 Å². The molecule has 3 rings (SSSR count). The van der Waals surface area contributed by atoms with E-state index >= 15 is 0 Å². The van der Waals surface area contributed by atoms with E-state index in [4.69, 9.17) is 0 Å². The van der Waals surface area contributed by atoms with E-state index in [0.717, 1.165) is 30.4 Å². The van der Waals surface area contributed by atoms with Gasteiger partial charge in [0.2, 0.25) is 11.4 Å². The molecule has 168 valence electrons. The Balaban J connectivity index is 1.98. The number of allylic oxidation sites excluding steroid dienone is 1. The summed E-state index contributed by atoms with van der Waals surface area (Å²) in [6, 6.07) is 8.35. The Hall–Kier alpha value is -2.84. The van der Waals surface area contributed by atoms with Gasteiger partial charge in [-0.25, -0.2) is 4.79 Å². The number of rotatable bonds is 6. The van der Waals surface area contributed by atoms with Crippen LogP contribution < -0.4 is 5.32 Å². The average Bonchev–Trinajstić information content (AvgIpc) is 3.32. The van der Waals surface area contributed by atoms with Crippen molar-refractivity contribution in [2.24, 2.45) is 0 Å². The van der Waals surface area contributed by atoms with Crippen LogP contribution in [0.5, 0.6) is 0 Å². The maximum absolute atomic E-state index is 14.5. The summed E-state index contributed by atoms with van der Waals surface area (Å²) < 4.78 is 48.0. The van der Waals surface area contributed by atoms with Crippen LogP contribution in [0.25, 0.3) is 0 Å². The van der Waals surface area contributed by atoms with Gasteiger partial charge in [-0.15, -0.1) is 0 Å². The van der Waals surface area contributed by atoms with Crippen LogP contribution in [0.4, 0.5) is 13.2 Å². The third-order valence-corrected chi connectivity index (χ3v) is 5.95. The normalized spacial score (nSPS) is 22.2. The van der Waals surface area contributed by atoms with Gasteiger partial charge in [0.1, 0.15) is 5.57 Å². The molecule has 1 fully saturated rings. The summed E-state index contributed by atoms with van der Waals surface area (Å²) in [4.78, 5) is 39.3. The number of carbonyl (C=O) groups is 3. The number of esters is 1. The van der Waals surface area contributed by atoms with Crippen molar-refractivity contribution >= 4 is 17.8 Å². The second-order valence-corrected chi connectivity index (χ2v) is 7.85. The Kier molecular flexibility index (Phi) is 6.43. The first kappa shape index (κ1) is 22.8. The molecule has 31 heavy (non-hydrogen) atoms. The van der Waals surface area contributed by atoms with E-state index in [9.17, 15) is 27.6 Å². The van der Waals surface area contributed by atoms with E-state index < -0.39 is 41.1 Å². The molecule has 0 unspecified atom stereocenters. The fourth-order valence-corrected chi connectivity index (χ4v) is 4.46. The minimum atomic E-state index is -5.23. The van der Waals surface area contributed by atoms with Crippen molar-refractivity contribution in [3.8, 4) is 0 Å². The van der Waals surface area contributed by atoms with Crippen LogP contribution in [0.15, 0.2) is 41.6 Å². The average molecular weight is 438 g/mol. The number of halogens is 3. The van der Waals surface area contributed by atoms with E-state index in [1.54, 1.807) is 30.3 Å². The molecular formula is C22H25F3N2O4. The standard InChI is InChI=1S/C22H25F3N2O4/c1-14-18(19(29)31-2)21(22(23,24)25,20(30)27(14)16-10-6-7-11-16)26-17(28)13-12-15-8-4-3-5-9-15/h3-5,8-9,16H,6-7,10-13H2,1-2H3,(H,26,28)/t21-/m0/s1. The van der Waals surface area contributed by atoms with Crippen molar-refractivity contribution in [1.82, 2.24) is 10.2 Å². The van der Waals surface area contributed by atoms with Crippen molar-refractivity contribution in [2.75, 3.05) is 7.11 Å². The highest BCUT2D eigenvalue weighted by Gasteiger charge is 2.71. The third-order valence-electron chi connectivity index (χ3n) is 5.95. The summed E-state index contributed by atoms with van der Waals surface area (Å²) in [6.45, 7) is 1.30. The van der Waals surface area contributed by atoms with Gasteiger partial charge in [0, 0.05) is 18.2 Å². The number of hydrogen-bond donors (Lipinski definition) is 1. The zero-order valence-electron chi connectivity index (χ0n) is 17.4. The molecule has 6 nitrogen and oxygen atoms in total. The highest BCUT2D eigenvalue weighted by Crippen LogP contribution is 2.47. The molecule has 2 aliphatic rings. The minimum Gasteiger partial charge on any atom is -0.466 e. The Morgan fingerprint density at radius 2 is 1.81 bits per heavy atom. The predicted molar refractivity (Wildman–Crippen MR) is 106 cm³/mol. The molecule has 1 saturated carbocycles. The van der Waals surface area contributed by atoms with Gasteiger partial charge in [-0.1, -0.05) is 43.2 Å². The predicted octanol–water partition coefficient (Wildman–Crippen LogP) is 3.27. The van der Waals surface area contributed by atoms with Crippen LogP contribution in [0.2, 0.25) is 0 Å². The number of aryl methyl sites for hydroxylation is 1. The summed E-state index contributed by atoms with van der Waals surface area (Å²) >= 11 is 0. The Labute approximate surface area is 178 Å². The summed E-state index contributed by atoms with van der Waals surface area (Å²) in [6.07, 6.45) is -2.69. The molecule has 9 heteroatoms. The molecule has 0 aromatic heterocycles. The van der Waals surface area contributed by atoms with E-state index in [1.165, 1.54) is 6.92 Å². The molecule has 1 heterocycles. The van der Waals surface area contributed by atoms with Gasteiger partial charge in [0.15, 0.2) is 0 Å². The van der Waals surface area contributed by atoms with Gasteiger partial charge >= 0.3 is 12.1 Å². The van der Waals surface area contributed by atoms with E-state index in [0.29, 0.717) is 12.8 Å². The number of carbonyl (C=O) groups excluding carboxylic acids is 3. The number of alkyl halides is 3. The van der Waals surface area contributed by atoms with Crippen LogP contribution >= 0.6 is 0 Å². The second-order valence-electron chi connectivity index (χ2n) is 7.85. The van der Waals surface area contributed by atoms with E-state index in [1.807, 2.05) is 5.32 Å². The molecular weight excluding hydrogens is 413 g/mol. The van der Waals surface area contributed by atoms with Crippen molar-refractivity contribution < 1.29 is 32.3 Å². The molecule has 0 saturated heterocycles. The third kappa shape index (κ3) is 4.05. The highest BCUT2D eigenvalue weighted by atomic mass is 19.4. The number of nitrogens with zero attached hydrogens (tertiary/aromatic N) is 1. The lowest BCUT2D eigenvalue weighted by atomic mass is 9.88. The summed E-state index contributed by atoms with van der Waals surface area (Å²) in [5.41, 5.74) is -3.68. The zero-order valence-corrected chi connectivity index (χ0v) is 17.4. The monoisotopic (exact) mass is 438 g/mol. The maximum atomic E-state index is 14.5. The number of methoxy groups -OCH3 is 1. The molecule has 0 spiro atoms. The van der Waals surface area contributed by atoms with Gasteiger partial charge < -0.3 is 15.0 Å². The quantitative estimate of drug-likeness (QED) is 0.692. The van der Waals surface area contributed by atoms with Crippen LogP contribution in [0, 0.1) is 0 Å². The molecule has 1 aromatic carbocycles. The van der Waals surface area contributed by atoms with Gasteiger partial charge in [0.25, 0.3) is 5.91 Å². The van der Waals surface area contributed by atoms with Crippen molar-refractivity contribution in [3.05, 3.63) is 47.2 Å². The minimum absolute atomic E-state index is 0.121. The maximum Gasteiger partial charge on any atom is 0.425 e. The van der Waals surface area contributed by atoms with Gasteiger partial charge in [-0.05, 0) is 31.7 Å². The lowest BCUT2D eigenvalue weighted by Gasteiger charge is -2.34. The molecule has 1 atom stereocenters. The van der Waals surface area contributed by atoms with E-state index in [2.05, 4.69) is 4.74 Å². The number of nitrogens with one attached hydrogen (secondary N) is 1. The van der Waals surface area contributed by atoms with Crippen LogP contribution in [0.1, 0.15) is 44.6 Å². The molecule has 1 aromatic rings. The van der Waals surface area contributed by atoms with Crippen molar-refractivity contribution in [1.29, 1.82) is 0 Å². The smallest absolute Gasteiger partial charge is 0.425 e. The van der Waals surface area contributed by atoms with E-state index in [-0.39, 0.29) is 18.5 Å². The lowest BCUT2D eigenvalue weighted by molar-refractivity contribution is -0.196.